The molecular formula is C40H35FN2O15. The number of hydrogen-bond acceptors (Lipinski definition) is 15. The van der Waals surface area contributed by atoms with Gasteiger partial charge in [0.15, 0.2) is 34.5 Å². The summed E-state index contributed by atoms with van der Waals surface area (Å²) in [6.07, 6.45) is 5.40. The lowest BCUT2D eigenvalue weighted by Crippen LogP contribution is -2.33. The standard InChI is InChI=1S/C17H16O4.C15H10O8.C8H9FN2O3/c18-15-8-6-14(12-16(15)19)7-9-17(20)21-11-10-13-4-2-1-3-5-13;16-6-3-7(17)11-10(4-6)23-15(14(22)13(11)21)5-1-8(18)12(20)9(19)2-5;9-5-4-11(6-2-1-3-14-6)8(13)10-7(5)12/h1-9,12,18-19H,10-11H2;1-4,16-20,22H;4,6H,1-3H2,(H,10,12,13)/b9-7+;;. The van der Waals surface area contributed by atoms with Crippen LogP contribution in [0.15, 0.2) is 104 Å². The molecule has 1 fully saturated rings. The van der Waals surface area contributed by atoms with Crippen LogP contribution < -0.4 is 16.7 Å². The minimum absolute atomic E-state index is 0.0999. The van der Waals surface area contributed by atoms with Crippen molar-refractivity contribution in [2.75, 3.05) is 13.2 Å². The molecule has 1 aliphatic heterocycles. The lowest BCUT2D eigenvalue weighted by molar-refractivity contribution is -0.137. The summed E-state index contributed by atoms with van der Waals surface area (Å²) in [6.45, 7) is 0.867. The number of fused-ring (bicyclic) bond motifs is 1. The monoisotopic (exact) mass is 802 g/mol. The summed E-state index contributed by atoms with van der Waals surface area (Å²) >= 11 is 0. The smallest absolute Gasteiger partial charge is 0.330 e. The van der Waals surface area contributed by atoms with Gasteiger partial charge in [-0.3, -0.25) is 19.1 Å². The zero-order valence-electron chi connectivity index (χ0n) is 30.0. The number of aromatic hydroxyl groups is 8. The second-order valence-electron chi connectivity index (χ2n) is 12.4. The highest BCUT2D eigenvalue weighted by Gasteiger charge is 2.21. The molecule has 7 rings (SSSR count). The number of esters is 1. The number of ether oxygens (including phenoxy) is 2. The Balaban J connectivity index is 0.000000170. The van der Waals surface area contributed by atoms with Gasteiger partial charge in [-0.25, -0.2) is 9.59 Å². The van der Waals surface area contributed by atoms with Crippen molar-refractivity contribution >= 4 is 23.0 Å². The van der Waals surface area contributed by atoms with Gasteiger partial charge in [0.2, 0.25) is 17.0 Å². The van der Waals surface area contributed by atoms with Gasteiger partial charge in [-0.15, -0.1) is 0 Å². The first-order valence-corrected chi connectivity index (χ1v) is 17.1. The predicted molar refractivity (Wildman–Crippen MR) is 203 cm³/mol. The maximum absolute atomic E-state index is 12.9. The van der Waals surface area contributed by atoms with E-state index in [1.807, 2.05) is 35.3 Å². The zero-order chi connectivity index (χ0) is 42.1. The van der Waals surface area contributed by atoms with E-state index in [9.17, 15) is 64.4 Å². The van der Waals surface area contributed by atoms with Gasteiger partial charge < -0.3 is 54.7 Å². The van der Waals surface area contributed by atoms with Gasteiger partial charge in [0.05, 0.1) is 12.8 Å². The van der Waals surface area contributed by atoms with Crippen LogP contribution in [0.1, 0.15) is 30.2 Å². The number of carbonyl (C=O) groups excluding carboxylic acids is 1. The molecule has 18 heteroatoms. The third-order valence-corrected chi connectivity index (χ3v) is 8.30. The summed E-state index contributed by atoms with van der Waals surface area (Å²) < 4.78 is 29.5. The van der Waals surface area contributed by atoms with Crippen LogP contribution in [0.2, 0.25) is 0 Å². The molecule has 0 radical (unpaired) electrons. The molecular weight excluding hydrogens is 767 g/mol. The maximum Gasteiger partial charge on any atom is 0.330 e. The Morgan fingerprint density at radius 2 is 1.55 bits per heavy atom. The van der Waals surface area contributed by atoms with Crippen molar-refractivity contribution in [3.63, 3.8) is 0 Å². The molecule has 0 aliphatic carbocycles. The van der Waals surface area contributed by atoms with Gasteiger partial charge >= 0.3 is 11.7 Å². The molecule has 1 unspecified atom stereocenters. The molecule has 302 valence electrons. The topological polar surface area (TPSA) is 282 Å². The molecule has 9 N–H and O–H groups in total. The molecule has 17 nitrogen and oxygen atoms in total. The number of aromatic nitrogens is 2. The van der Waals surface area contributed by atoms with Crippen LogP contribution >= 0.6 is 0 Å². The van der Waals surface area contributed by atoms with Crippen molar-refractivity contribution in [1.29, 1.82) is 0 Å². The molecule has 6 aromatic rings. The zero-order valence-corrected chi connectivity index (χ0v) is 30.0. The Hall–Kier alpha value is -7.73. The van der Waals surface area contributed by atoms with Gasteiger partial charge in [-0.1, -0.05) is 36.4 Å². The van der Waals surface area contributed by atoms with E-state index in [0.29, 0.717) is 31.6 Å². The van der Waals surface area contributed by atoms with Crippen LogP contribution in [0, 0.1) is 5.82 Å². The van der Waals surface area contributed by atoms with Crippen LogP contribution in [0.25, 0.3) is 28.4 Å². The first kappa shape index (κ1) is 41.4. The number of phenols is 7. The average Bonchev–Trinajstić information content (AvgIpc) is 3.73. The quantitative estimate of drug-likeness (QED) is 0.0607. The molecule has 3 heterocycles. The normalized spacial score (nSPS) is 13.4. The van der Waals surface area contributed by atoms with Gasteiger partial charge in [-0.05, 0) is 54.3 Å². The second-order valence-corrected chi connectivity index (χ2v) is 12.4. The highest BCUT2D eigenvalue weighted by Crippen LogP contribution is 2.42. The van der Waals surface area contributed by atoms with Crippen molar-refractivity contribution in [3.8, 4) is 57.3 Å². The Kier molecular flexibility index (Phi) is 13.1. The minimum Gasteiger partial charge on any atom is -0.508 e. The average molecular weight is 803 g/mol. The summed E-state index contributed by atoms with van der Waals surface area (Å²) in [5.41, 5.74) is -1.20. The van der Waals surface area contributed by atoms with E-state index in [0.717, 1.165) is 47.0 Å². The fourth-order valence-corrected chi connectivity index (χ4v) is 5.43. The number of benzene rings is 4. The highest BCUT2D eigenvalue weighted by atomic mass is 19.1. The maximum atomic E-state index is 12.9. The number of nitrogens with zero attached hydrogens (tertiary/aromatic N) is 1. The first-order chi connectivity index (χ1) is 27.6. The second kappa shape index (κ2) is 18.3. The van der Waals surface area contributed by atoms with E-state index in [1.165, 1.54) is 24.3 Å². The van der Waals surface area contributed by atoms with E-state index in [4.69, 9.17) is 13.9 Å². The van der Waals surface area contributed by atoms with Crippen molar-refractivity contribution in [2.24, 2.45) is 0 Å². The molecule has 1 saturated heterocycles. The number of halogens is 1. The summed E-state index contributed by atoms with van der Waals surface area (Å²) in [5, 5.41) is 75.7. The van der Waals surface area contributed by atoms with E-state index in [-0.39, 0.29) is 33.8 Å². The Morgan fingerprint density at radius 3 is 2.21 bits per heavy atom. The fraction of sp³-hybridized carbons (Fsp3) is 0.150. The number of phenolic OH excluding ortho intramolecular Hbond substituents is 7. The van der Waals surface area contributed by atoms with Crippen LogP contribution in [0.5, 0.6) is 46.0 Å². The number of hydrogen-bond donors (Lipinski definition) is 9. The third kappa shape index (κ3) is 10.1. The number of H-pyrrole nitrogens is 1. The van der Waals surface area contributed by atoms with Crippen LogP contribution in [-0.2, 0) is 20.7 Å². The van der Waals surface area contributed by atoms with Gasteiger partial charge in [0.1, 0.15) is 28.7 Å². The van der Waals surface area contributed by atoms with E-state index >= 15 is 0 Å². The number of carbonyl (C=O) groups is 1. The molecule has 1 aliphatic rings. The van der Waals surface area contributed by atoms with Crippen LogP contribution in [-0.4, -0.2) is 69.6 Å². The number of aromatic amines is 1. The lowest BCUT2D eigenvalue weighted by Gasteiger charge is -2.11. The van der Waals surface area contributed by atoms with Gasteiger partial charge in [0.25, 0.3) is 5.56 Å². The van der Waals surface area contributed by atoms with Crippen molar-refractivity contribution < 1.29 is 63.9 Å². The largest absolute Gasteiger partial charge is 0.508 e. The molecule has 4 aromatic carbocycles. The molecule has 0 bridgehead atoms. The SMILES string of the molecule is O=C(/C=C/c1ccc(O)c(O)c1)OCCc1ccccc1.O=c1[nH]c(=O)n(C2CCCO2)cc1F.O=c1c(O)c(-c2cc(O)c(O)c(O)c2)oc2cc(O)cc(O)c12. The molecule has 2 aromatic heterocycles. The molecule has 0 spiro atoms. The van der Waals surface area contributed by atoms with E-state index in [1.54, 1.807) is 6.07 Å². The van der Waals surface area contributed by atoms with Gasteiger partial charge in [0, 0.05) is 36.8 Å². The minimum atomic E-state index is -0.996. The van der Waals surface area contributed by atoms with Crippen molar-refractivity contribution in [1.82, 2.24) is 9.55 Å². The predicted octanol–water partition coefficient (Wildman–Crippen LogP) is 4.58. The summed E-state index contributed by atoms with van der Waals surface area (Å²) in [5.74, 6) is -6.24. The fourth-order valence-electron chi connectivity index (χ4n) is 5.43. The Labute approximate surface area is 325 Å². The number of nitrogens with one attached hydrogen (secondary N) is 1. The Bertz CT molecular complexity index is 2620. The summed E-state index contributed by atoms with van der Waals surface area (Å²) in [6, 6.07) is 18.0. The first-order valence-electron chi connectivity index (χ1n) is 17.1. The van der Waals surface area contributed by atoms with E-state index < -0.39 is 69.2 Å². The molecule has 0 saturated carbocycles. The van der Waals surface area contributed by atoms with Crippen LogP contribution in [0.4, 0.5) is 4.39 Å². The van der Waals surface area contributed by atoms with Crippen molar-refractivity contribution in [2.45, 2.75) is 25.5 Å². The lowest BCUT2D eigenvalue weighted by atomic mass is 10.1. The third-order valence-electron chi connectivity index (χ3n) is 8.30. The molecule has 1 atom stereocenters. The molecule has 0 amide bonds. The summed E-state index contributed by atoms with van der Waals surface area (Å²) in [4.78, 5) is 47.5. The highest BCUT2D eigenvalue weighted by molar-refractivity contribution is 5.88. The molecule has 58 heavy (non-hydrogen) atoms. The number of rotatable bonds is 7. The Morgan fingerprint density at radius 1 is 0.845 bits per heavy atom. The van der Waals surface area contributed by atoms with Crippen molar-refractivity contribution in [3.05, 3.63) is 133 Å². The summed E-state index contributed by atoms with van der Waals surface area (Å²) in [7, 11) is 0. The van der Waals surface area contributed by atoms with E-state index in [2.05, 4.69) is 0 Å². The van der Waals surface area contributed by atoms with Gasteiger partial charge in [-0.2, -0.15) is 4.39 Å². The van der Waals surface area contributed by atoms with Crippen LogP contribution in [0.3, 0.4) is 0 Å².